The molecule has 3 fully saturated rings. The molecule has 4 aliphatic rings. The standard InChI is InChI=1S/C20H27F3O2/c1-2-19-10-9-12-11-5-7-16(24)18(25)14(11)4-3-13(12)15(19)6-8-17(19)20(21,22)23/h11-13,15,17,25H,2-10H2,1H3/t11-,12-,13-,15+,17+,19?/m1/s1. The first-order chi connectivity index (χ1) is 11.8. The van der Waals surface area contributed by atoms with Crippen molar-refractivity contribution >= 4 is 5.78 Å². The molecule has 3 saturated carbocycles. The van der Waals surface area contributed by atoms with E-state index in [1.165, 1.54) is 0 Å². The van der Waals surface area contributed by atoms with Crippen LogP contribution >= 0.6 is 0 Å². The van der Waals surface area contributed by atoms with Crippen molar-refractivity contribution in [3.63, 3.8) is 0 Å². The van der Waals surface area contributed by atoms with Crippen LogP contribution in [0.1, 0.15) is 64.7 Å². The highest BCUT2D eigenvalue weighted by atomic mass is 19.4. The average Bonchev–Trinajstić information content (AvgIpc) is 2.98. The van der Waals surface area contributed by atoms with Gasteiger partial charge in [-0.05, 0) is 86.0 Å². The number of carbonyl (C=O) groups is 1. The van der Waals surface area contributed by atoms with Gasteiger partial charge >= 0.3 is 6.18 Å². The second-order valence-corrected chi connectivity index (χ2v) is 8.71. The summed E-state index contributed by atoms with van der Waals surface area (Å²) in [7, 11) is 0. The molecule has 4 rings (SSSR count). The Bertz CT molecular complexity index is 609. The van der Waals surface area contributed by atoms with Crippen LogP contribution in [0, 0.1) is 35.0 Å². The molecule has 1 N–H and O–H groups in total. The summed E-state index contributed by atoms with van der Waals surface area (Å²) in [5.74, 6) is -0.260. The van der Waals surface area contributed by atoms with Crippen LogP contribution in [0.25, 0.3) is 0 Å². The van der Waals surface area contributed by atoms with E-state index in [0.717, 1.165) is 24.8 Å². The third-order valence-electron chi connectivity index (χ3n) is 8.22. The largest absolute Gasteiger partial charge is 0.504 e. The molecule has 0 aromatic carbocycles. The monoisotopic (exact) mass is 356 g/mol. The molecule has 0 saturated heterocycles. The van der Waals surface area contributed by atoms with Crippen molar-refractivity contribution < 1.29 is 23.1 Å². The molecule has 4 aliphatic carbocycles. The van der Waals surface area contributed by atoms with Crippen LogP contribution in [0.15, 0.2) is 11.3 Å². The molecule has 0 radical (unpaired) electrons. The molecular weight excluding hydrogens is 329 g/mol. The van der Waals surface area contributed by atoms with Crippen molar-refractivity contribution in [2.24, 2.45) is 35.0 Å². The number of Topliss-reactive ketones (excluding diaryl/α,β-unsaturated/α-hetero) is 1. The van der Waals surface area contributed by atoms with Crippen molar-refractivity contribution in [3.8, 4) is 0 Å². The second kappa shape index (κ2) is 5.75. The Morgan fingerprint density at radius 1 is 1.08 bits per heavy atom. The zero-order valence-corrected chi connectivity index (χ0v) is 14.7. The SMILES string of the molecule is CCC12CC[C@H]3[C@@H](CCC4=C(O)C(=O)CC[C@@H]43)[C@@H]1CC[C@@H]2C(F)(F)F. The van der Waals surface area contributed by atoms with E-state index in [4.69, 9.17) is 0 Å². The quantitative estimate of drug-likeness (QED) is 0.666. The first kappa shape index (κ1) is 17.4. The summed E-state index contributed by atoms with van der Waals surface area (Å²) in [6, 6.07) is 0. The van der Waals surface area contributed by atoms with E-state index < -0.39 is 17.5 Å². The first-order valence-electron chi connectivity index (χ1n) is 9.81. The predicted octanol–water partition coefficient (Wildman–Crippen LogP) is 5.58. The number of halogens is 3. The smallest absolute Gasteiger partial charge is 0.392 e. The number of fused-ring (bicyclic) bond motifs is 5. The van der Waals surface area contributed by atoms with Gasteiger partial charge < -0.3 is 5.11 Å². The second-order valence-electron chi connectivity index (χ2n) is 8.71. The van der Waals surface area contributed by atoms with Crippen LogP contribution in [-0.2, 0) is 4.79 Å². The fraction of sp³-hybridized carbons (Fsp3) is 0.850. The number of aliphatic hydroxyl groups excluding tert-OH is 1. The van der Waals surface area contributed by atoms with Gasteiger partial charge in [-0.15, -0.1) is 0 Å². The van der Waals surface area contributed by atoms with Crippen molar-refractivity contribution in [1.29, 1.82) is 0 Å². The normalized spacial score (nSPS) is 44.3. The number of hydrogen-bond acceptors (Lipinski definition) is 2. The minimum absolute atomic E-state index is 0.0263. The summed E-state index contributed by atoms with van der Waals surface area (Å²) in [5.41, 5.74) is 0.333. The molecule has 6 atom stereocenters. The molecule has 0 aromatic rings. The Balaban J connectivity index is 1.66. The number of rotatable bonds is 1. The summed E-state index contributed by atoms with van der Waals surface area (Å²) in [4.78, 5) is 11.8. The van der Waals surface area contributed by atoms with Gasteiger partial charge in [0.1, 0.15) is 0 Å². The van der Waals surface area contributed by atoms with Gasteiger partial charge in [-0.3, -0.25) is 4.79 Å². The minimum atomic E-state index is -4.09. The van der Waals surface area contributed by atoms with Gasteiger partial charge in [0.15, 0.2) is 11.5 Å². The van der Waals surface area contributed by atoms with Crippen LogP contribution < -0.4 is 0 Å². The maximum atomic E-state index is 13.7. The fourth-order valence-corrected chi connectivity index (χ4v) is 7.25. The molecule has 2 nitrogen and oxygen atoms in total. The van der Waals surface area contributed by atoms with Crippen LogP contribution in [-0.4, -0.2) is 17.1 Å². The zero-order chi connectivity index (χ0) is 18.0. The number of aliphatic hydroxyl groups is 1. The van der Waals surface area contributed by atoms with Gasteiger partial charge in [-0.1, -0.05) is 6.92 Å². The first-order valence-corrected chi connectivity index (χ1v) is 9.81. The lowest BCUT2D eigenvalue weighted by atomic mass is 9.50. The number of carbonyl (C=O) groups excluding carboxylic acids is 1. The summed E-state index contributed by atoms with van der Waals surface area (Å²) < 4.78 is 41.0. The molecule has 0 aliphatic heterocycles. The van der Waals surface area contributed by atoms with E-state index in [1.807, 2.05) is 6.92 Å². The topological polar surface area (TPSA) is 37.3 Å². The van der Waals surface area contributed by atoms with Crippen molar-refractivity contribution in [3.05, 3.63) is 11.3 Å². The molecule has 0 heterocycles. The zero-order valence-electron chi connectivity index (χ0n) is 14.7. The number of allylic oxidation sites excluding steroid dienone is 1. The molecule has 140 valence electrons. The lowest BCUT2D eigenvalue weighted by Gasteiger charge is -2.55. The summed E-state index contributed by atoms with van der Waals surface area (Å²) in [5, 5.41) is 10.2. The Kier molecular flexibility index (Phi) is 4.01. The van der Waals surface area contributed by atoms with E-state index in [-0.39, 0.29) is 29.8 Å². The summed E-state index contributed by atoms with van der Waals surface area (Å²) in [6.07, 6.45) is 1.65. The molecule has 0 aromatic heterocycles. The number of hydrogen-bond donors (Lipinski definition) is 1. The van der Waals surface area contributed by atoms with E-state index >= 15 is 0 Å². The Hall–Kier alpha value is -1.00. The van der Waals surface area contributed by atoms with Crippen molar-refractivity contribution in [1.82, 2.24) is 0 Å². The number of ketones is 1. The van der Waals surface area contributed by atoms with E-state index in [2.05, 4.69) is 0 Å². The maximum Gasteiger partial charge on any atom is 0.392 e. The third kappa shape index (κ3) is 2.40. The molecule has 0 spiro atoms. The van der Waals surface area contributed by atoms with Gasteiger partial charge in [0.25, 0.3) is 0 Å². The fourth-order valence-electron chi connectivity index (χ4n) is 7.25. The minimum Gasteiger partial charge on any atom is -0.504 e. The Morgan fingerprint density at radius 2 is 1.84 bits per heavy atom. The van der Waals surface area contributed by atoms with Gasteiger partial charge in [0, 0.05) is 6.42 Å². The highest BCUT2D eigenvalue weighted by molar-refractivity contribution is 5.94. The highest BCUT2D eigenvalue weighted by Crippen LogP contribution is 2.67. The Morgan fingerprint density at radius 3 is 2.52 bits per heavy atom. The summed E-state index contributed by atoms with van der Waals surface area (Å²) in [6.45, 7) is 1.94. The average molecular weight is 356 g/mol. The van der Waals surface area contributed by atoms with E-state index in [1.54, 1.807) is 0 Å². The molecule has 0 amide bonds. The van der Waals surface area contributed by atoms with E-state index in [0.29, 0.717) is 43.9 Å². The van der Waals surface area contributed by atoms with Gasteiger partial charge in [0.05, 0.1) is 5.92 Å². The van der Waals surface area contributed by atoms with Crippen molar-refractivity contribution in [2.75, 3.05) is 0 Å². The Labute approximate surface area is 146 Å². The van der Waals surface area contributed by atoms with Crippen LogP contribution in [0.5, 0.6) is 0 Å². The maximum absolute atomic E-state index is 13.7. The van der Waals surface area contributed by atoms with Crippen LogP contribution in [0.4, 0.5) is 13.2 Å². The van der Waals surface area contributed by atoms with Gasteiger partial charge in [0.2, 0.25) is 0 Å². The van der Waals surface area contributed by atoms with Gasteiger partial charge in [-0.25, -0.2) is 0 Å². The van der Waals surface area contributed by atoms with Gasteiger partial charge in [-0.2, -0.15) is 13.2 Å². The molecular formula is C20H27F3O2. The third-order valence-corrected chi connectivity index (χ3v) is 8.22. The van der Waals surface area contributed by atoms with Crippen LogP contribution in [0.3, 0.4) is 0 Å². The van der Waals surface area contributed by atoms with E-state index in [9.17, 15) is 23.1 Å². The predicted molar refractivity (Wildman–Crippen MR) is 87.8 cm³/mol. The molecule has 25 heavy (non-hydrogen) atoms. The van der Waals surface area contributed by atoms with Crippen LogP contribution in [0.2, 0.25) is 0 Å². The molecule has 1 unspecified atom stereocenters. The van der Waals surface area contributed by atoms with Crippen molar-refractivity contribution in [2.45, 2.75) is 70.9 Å². The molecule has 5 heteroatoms. The molecule has 0 bridgehead atoms. The number of alkyl halides is 3. The summed E-state index contributed by atoms with van der Waals surface area (Å²) >= 11 is 0. The highest BCUT2D eigenvalue weighted by Gasteiger charge is 2.63. The lowest BCUT2D eigenvalue weighted by molar-refractivity contribution is -0.215. The lowest BCUT2D eigenvalue weighted by Crippen LogP contribution is -2.50.